The van der Waals surface area contributed by atoms with Gasteiger partial charge in [0.25, 0.3) is 0 Å². The molecule has 0 bridgehead atoms. The Hall–Kier alpha value is -1.01. The van der Waals surface area contributed by atoms with Crippen molar-refractivity contribution in [2.75, 3.05) is 18.1 Å². The number of esters is 1. The van der Waals surface area contributed by atoms with E-state index in [1.54, 1.807) is 0 Å². The van der Waals surface area contributed by atoms with Crippen molar-refractivity contribution in [2.24, 2.45) is 0 Å². The van der Waals surface area contributed by atoms with Gasteiger partial charge in [0, 0.05) is 0 Å². The zero-order valence-electron chi connectivity index (χ0n) is 17.5. The molecule has 1 heterocycles. The summed E-state index contributed by atoms with van der Waals surface area (Å²) in [6.45, 7) is 4.78. The van der Waals surface area contributed by atoms with Gasteiger partial charge >= 0.3 is 5.97 Å². The smallest absolute Gasteiger partial charge is 0.360 e. The molecule has 0 saturated carbocycles. The Kier molecular flexibility index (Phi) is 14.2. The van der Waals surface area contributed by atoms with Crippen LogP contribution in [-0.4, -0.2) is 28.3 Å². The Morgan fingerprint density at radius 2 is 1.50 bits per heavy atom. The van der Waals surface area contributed by atoms with E-state index in [2.05, 4.69) is 23.8 Å². The number of unbranched alkanes of at least 4 members (excludes halogenated alkanes) is 10. The van der Waals surface area contributed by atoms with Crippen molar-refractivity contribution in [3.63, 3.8) is 0 Å². The molecule has 0 fully saturated rings. The molecule has 1 rings (SSSR count). The quantitative estimate of drug-likeness (QED) is 0.179. The van der Waals surface area contributed by atoms with Crippen molar-refractivity contribution < 1.29 is 9.53 Å². The number of nitrogens with two attached hydrogens (primary N) is 1. The third-order valence-electron chi connectivity index (χ3n) is 4.51. The number of ether oxygens (including phenoxy) is 1. The Morgan fingerprint density at radius 3 is 2.14 bits per heavy atom. The number of carbonyl (C=O) groups is 1. The van der Waals surface area contributed by atoms with Gasteiger partial charge < -0.3 is 10.5 Å². The lowest BCUT2D eigenvalue weighted by atomic mass is 10.1. The molecule has 7 heteroatoms. The number of anilines is 1. The number of rotatable bonds is 16. The van der Waals surface area contributed by atoms with Gasteiger partial charge in [0.1, 0.15) is 5.03 Å². The van der Waals surface area contributed by atoms with E-state index >= 15 is 0 Å². The van der Waals surface area contributed by atoms with Crippen LogP contribution in [0.1, 0.15) is 101 Å². The predicted octanol–water partition coefficient (Wildman–Crippen LogP) is 6.68. The van der Waals surface area contributed by atoms with Crippen LogP contribution in [0.3, 0.4) is 0 Å². The second-order valence-electron chi connectivity index (χ2n) is 7.07. The van der Waals surface area contributed by atoms with Gasteiger partial charge in [0.2, 0.25) is 0 Å². The number of hydrogen-bond acceptors (Lipinski definition) is 6. The van der Waals surface area contributed by atoms with Gasteiger partial charge in [-0.15, -0.1) is 11.8 Å². The predicted molar refractivity (Wildman–Crippen MR) is 119 cm³/mol. The van der Waals surface area contributed by atoms with Gasteiger partial charge in [-0.2, -0.15) is 0 Å². The molecule has 0 spiro atoms. The van der Waals surface area contributed by atoms with E-state index in [0.29, 0.717) is 11.6 Å². The van der Waals surface area contributed by atoms with Crippen LogP contribution >= 0.6 is 23.4 Å². The Morgan fingerprint density at radius 1 is 0.929 bits per heavy atom. The van der Waals surface area contributed by atoms with Crippen molar-refractivity contribution in [1.29, 1.82) is 0 Å². The third kappa shape index (κ3) is 10.5. The van der Waals surface area contributed by atoms with E-state index in [9.17, 15) is 4.79 Å². The van der Waals surface area contributed by atoms with Crippen LogP contribution in [0.5, 0.6) is 0 Å². The highest BCUT2D eigenvalue weighted by Gasteiger charge is 2.18. The van der Waals surface area contributed by atoms with Gasteiger partial charge in [-0.1, -0.05) is 89.7 Å². The summed E-state index contributed by atoms with van der Waals surface area (Å²) in [6.07, 6.45) is 14.2. The van der Waals surface area contributed by atoms with Crippen LogP contribution in [0.2, 0.25) is 5.15 Å². The zero-order valence-corrected chi connectivity index (χ0v) is 19.0. The standard InChI is InChI=1S/C21H36ClN3O2S/c1-3-5-7-9-11-13-15-27-21(26)17-19(23)25-20(18(22)24-17)28-16-14-12-10-8-6-4-2/h3-16H2,1-2H3,(H2,23,25). The number of hydrogen-bond donors (Lipinski definition) is 1. The molecular formula is C21H36ClN3O2S. The minimum atomic E-state index is -0.548. The summed E-state index contributed by atoms with van der Waals surface area (Å²) in [4.78, 5) is 20.6. The molecule has 0 amide bonds. The number of halogens is 1. The number of carbonyl (C=O) groups excluding carboxylic acids is 1. The maximum atomic E-state index is 12.2. The number of thioether (sulfide) groups is 1. The maximum Gasteiger partial charge on any atom is 0.360 e. The average molecular weight is 430 g/mol. The Bertz CT molecular complexity index is 573. The van der Waals surface area contributed by atoms with Crippen molar-refractivity contribution >= 4 is 35.1 Å². The molecule has 1 aromatic rings. The summed E-state index contributed by atoms with van der Waals surface area (Å²) in [6, 6.07) is 0. The molecular weight excluding hydrogens is 394 g/mol. The van der Waals surface area contributed by atoms with Crippen LogP contribution < -0.4 is 5.73 Å². The second-order valence-corrected chi connectivity index (χ2v) is 8.51. The van der Waals surface area contributed by atoms with Crippen LogP contribution in [-0.2, 0) is 4.74 Å². The van der Waals surface area contributed by atoms with E-state index in [-0.39, 0.29) is 16.7 Å². The monoisotopic (exact) mass is 429 g/mol. The fourth-order valence-electron chi connectivity index (χ4n) is 2.82. The fourth-order valence-corrected chi connectivity index (χ4v) is 3.98. The van der Waals surface area contributed by atoms with Gasteiger partial charge in [-0.3, -0.25) is 0 Å². The largest absolute Gasteiger partial charge is 0.461 e. The van der Waals surface area contributed by atoms with Crippen LogP contribution in [0.15, 0.2) is 5.03 Å². The highest BCUT2D eigenvalue weighted by atomic mass is 35.5. The summed E-state index contributed by atoms with van der Waals surface area (Å²) >= 11 is 7.74. The molecule has 28 heavy (non-hydrogen) atoms. The zero-order chi connectivity index (χ0) is 20.6. The molecule has 2 N–H and O–H groups in total. The van der Waals surface area contributed by atoms with Crippen LogP contribution in [0.25, 0.3) is 0 Å². The van der Waals surface area contributed by atoms with Gasteiger partial charge in [0.15, 0.2) is 16.7 Å². The minimum Gasteiger partial charge on any atom is -0.461 e. The molecule has 0 atom stereocenters. The number of aromatic nitrogens is 2. The van der Waals surface area contributed by atoms with E-state index in [1.165, 1.54) is 69.5 Å². The van der Waals surface area contributed by atoms with Gasteiger partial charge in [-0.25, -0.2) is 14.8 Å². The van der Waals surface area contributed by atoms with E-state index in [4.69, 9.17) is 22.1 Å². The van der Waals surface area contributed by atoms with Crippen molar-refractivity contribution in [1.82, 2.24) is 9.97 Å². The topological polar surface area (TPSA) is 78.1 Å². The van der Waals surface area contributed by atoms with Gasteiger partial charge in [0.05, 0.1) is 6.61 Å². The lowest BCUT2D eigenvalue weighted by Crippen LogP contribution is -2.13. The molecule has 0 saturated heterocycles. The SMILES string of the molecule is CCCCCCCCOC(=O)c1nc(Cl)c(SCCCCCCCC)nc1N. The van der Waals surface area contributed by atoms with Crippen molar-refractivity contribution in [2.45, 2.75) is 95.9 Å². The molecule has 0 aliphatic heterocycles. The summed E-state index contributed by atoms with van der Waals surface area (Å²) in [5.74, 6) is 0.456. The van der Waals surface area contributed by atoms with Crippen molar-refractivity contribution in [3.05, 3.63) is 10.8 Å². The molecule has 160 valence electrons. The van der Waals surface area contributed by atoms with Crippen LogP contribution in [0, 0.1) is 0 Å². The van der Waals surface area contributed by atoms with E-state index < -0.39 is 5.97 Å². The summed E-state index contributed by atoms with van der Waals surface area (Å²) in [5, 5.41) is 0.803. The molecule has 0 aliphatic carbocycles. The first-order valence-corrected chi connectivity index (χ1v) is 12.1. The molecule has 5 nitrogen and oxygen atoms in total. The van der Waals surface area contributed by atoms with Crippen molar-refractivity contribution in [3.8, 4) is 0 Å². The first-order chi connectivity index (χ1) is 13.6. The second kappa shape index (κ2) is 15.9. The fraction of sp³-hybridized carbons (Fsp3) is 0.762. The normalized spacial score (nSPS) is 11.0. The summed E-state index contributed by atoms with van der Waals surface area (Å²) in [7, 11) is 0. The number of nitrogen functional groups attached to an aromatic ring is 1. The average Bonchev–Trinajstić information content (AvgIpc) is 2.68. The first-order valence-electron chi connectivity index (χ1n) is 10.7. The van der Waals surface area contributed by atoms with E-state index in [1.807, 2.05) is 0 Å². The minimum absolute atomic E-state index is 0.0138. The summed E-state index contributed by atoms with van der Waals surface area (Å²) in [5.41, 5.74) is 5.93. The Labute approximate surface area is 179 Å². The Balaban J connectivity index is 2.35. The molecule has 0 aromatic carbocycles. The first kappa shape index (κ1) is 25.0. The van der Waals surface area contributed by atoms with Crippen LogP contribution in [0.4, 0.5) is 5.82 Å². The molecule has 0 unspecified atom stereocenters. The highest BCUT2D eigenvalue weighted by Crippen LogP contribution is 2.27. The van der Waals surface area contributed by atoms with E-state index in [0.717, 1.165) is 25.0 Å². The molecule has 0 aliphatic rings. The third-order valence-corrected chi connectivity index (χ3v) is 5.94. The van der Waals surface area contributed by atoms with Gasteiger partial charge in [-0.05, 0) is 18.6 Å². The number of nitrogens with zero attached hydrogens (tertiary/aromatic N) is 2. The summed E-state index contributed by atoms with van der Waals surface area (Å²) < 4.78 is 5.27. The maximum absolute atomic E-state index is 12.2. The highest BCUT2D eigenvalue weighted by molar-refractivity contribution is 7.99. The molecule has 1 aromatic heterocycles. The molecule has 0 radical (unpaired) electrons. The lowest BCUT2D eigenvalue weighted by molar-refractivity contribution is 0.0491. The lowest BCUT2D eigenvalue weighted by Gasteiger charge is -2.09.